The molecule has 2 aromatic rings. The third-order valence-corrected chi connectivity index (χ3v) is 5.08. The van der Waals surface area contributed by atoms with Crippen molar-refractivity contribution in [3.63, 3.8) is 0 Å². The fraction of sp³-hybridized carbons (Fsp3) is 0.571. The topological polar surface area (TPSA) is 87.8 Å². The van der Waals surface area contributed by atoms with Gasteiger partial charge in [0.15, 0.2) is 11.8 Å². The Labute approximate surface area is 195 Å². The van der Waals surface area contributed by atoms with E-state index in [2.05, 4.69) is 49.7 Å². The van der Waals surface area contributed by atoms with Crippen LogP contribution in [-0.4, -0.2) is 54.3 Å². The van der Waals surface area contributed by atoms with Crippen molar-refractivity contribution in [1.29, 1.82) is 0 Å². The van der Waals surface area contributed by atoms with E-state index in [0.29, 0.717) is 18.3 Å². The smallest absolute Gasteiger partial charge is 0.248 e. The number of guanidine groups is 1. The predicted molar refractivity (Wildman–Crippen MR) is 128 cm³/mol. The van der Waals surface area contributed by atoms with E-state index in [1.165, 1.54) is 24.8 Å². The van der Waals surface area contributed by atoms with Crippen molar-refractivity contribution in [2.75, 3.05) is 33.3 Å². The number of rotatable bonds is 8. The summed E-state index contributed by atoms with van der Waals surface area (Å²) in [6.07, 6.45) is 3.81. The van der Waals surface area contributed by atoms with Crippen LogP contribution < -0.4 is 15.4 Å². The number of methoxy groups -OCH3 is 1. The summed E-state index contributed by atoms with van der Waals surface area (Å²) < 4.78 is 10.5. The molecule has 2 heterocycles. The minimum atomic E-state index is 0. The van der Waals surface area contributed by atoms with Gasteiger partial charge in [-0.2, -0.15) is 4.98 Å². The molecule has 0 amide bonds. The minimum Gasteiger partial charge on any atom is -0.497 e. The monoisotopic (exact) mass is 528 g/mol. The van der Waals surface area contributed by atoms with E-state index in [9.17, 15) is 0 Å². The number of hydrogen-bond acceptors (Lipinski definition) is 6. The fourth-order valence-electron chi connectivity index (χ4n) is 3.60. The first-order valence-corrected chi connectivity index (χ1v) is 10.4. The van der Waals surface area contributed by atoms with Crippen LogP contribution >= 0.6 is 24.0 Å². The Morgan fingerprint density at radius 2 is 1.93 bits per heavy atom. The largest absolute Gasteiger partial charge is 0.497 e. The van der Waals surface area contributed by atoms with Gasteiger partial charge in [-0.15, -0.1) is 24.0 Å². The average Bonchev–Trinajstić information content (AvgIpc) is 3.18. The van der Waals surface area contributed by atoms with Crippen molar-refractivity contribution in [3.8, 4) is 5.75 Å². The molecule has 2 N–H and O–H groups in total. The Morgan fingerprint density at radius 1 is 1.20 bits per heavy atom. The molecule has 3 rings (SSSR count). The van der Waals surface area contributed by atoms with Crippen molar-refractivity contribution in [2.24, 2.45) is 4.99 Å². The van der Waals surface area contributed by atoms with E-state index in [1.807, 2.05) is 12.1 Å². The van der Waals surface area contributed by atoms with Crippen molar-refractivity contribution < 1.29 is 9.26 Å². The molecule has 1 aliphatic heterocycles. The molecule has 8 nitrogen and oxygen atoms in total. The summed E-state index contributed by atoms with van der Waals surface area (Å²) in [7, 11) is 1.70. The van der Waals surface area contributed by atoms with Crippen molar-refractivity contribution >= 4 is 29.9 Å². The van der Waals surface area contributed by atoms with Crippen molar-refractivity contribution in [2.45, 2.75) is 45.7 Å². The maximum atomic E-state index is 5.32. The number of piperidine rings is 1. The van der Waals surface area contributed by atoms with Crippen LogP contribution in [0.5, 0.6) is 5.75 Å². The molecule has 0 bridgehead atoms. The molecule has 1 atom stereocenters. The lowest BCUT2D eigenvalue weighted by Gasteiger charge is -2.35. The number of halogens is 1. The molecule has 0 aliphatic carbocycles. The Morgan fingerprint density at radius 3 is 2.53 bits per heavy atom. The second kappa shape index (κ2) is 12.7. The maximum Gasteiger partial charge on any atom is 0.248 e. The molecular formula is C21H33IN6O2. The van der Waals surface area contributed by atoms with E-state index < -0.39 is 0 Å². The van der Waals surface area contributed by atoms with Gasteiger partial charge in [-0.1, -0.05) is 23.7 Å². The summed E-state index contributed by atoms with van der Waals surface area (Å²) in [5.41, 5.74) is 1.28. The van der Waals surface area contributed by atoms with Crippen LogP contribution in [0.3, 0.4) is 0 Å². The van der Waals surface area contributed by atoms with E-state index in [1.54, 1.807) is 14.0 Å². The van der Waals surface area contributed by atoms with Gasteiger partial charge in [0.05, 0.1) is 13.2 Å². The highest BCUT2D eigenvalue weighted by atomic mass is 127. The van der Waals surface area contributed by atoms with Gasteiger partial charge >= 0.3 is 0 Å². The van der Waals surface area contributed by atoms with Crippen LogP contribution in [0.25, 0.3) is 0 Å². The summed E-state index contributed by atoms with van der Waals surface area (Å²) in [5, 5.41) is 10.6. The van der Waals surface area contributed by atoms with Gasteiger partial charge in [0.1, 0.15) is 12.3 Å². The molecule has 1 unspecified atom stereocenters. The summed E-state index contributed by atoms with van der Waals surface area (Å²) in [6, 6.07) is 8.65. The Hall–Kier alpha value is -1.88. The number of benzene rings is 1. The van der Waals surface area contributed by atoms with Gasteiger partial charge in [-0.05, 0) is 57.5 Å². The quantitative estimate of drug-likeness (QED) is 0.309. The molecule has 1 aromatic heterocycles. The molecular weight excluding hydrogens is 495 g/mol. The highest BCUT2D eigenvalue weighted by Crippen LogP contribution is 2.25. The van der Waals surface area contributed by atoms with E-state index in [0.717, 1.165) is 37.9 Å². The number of aryl methyl sites for hydroxylation is 1. The Bertz CT molecular complexity index is 774. The summed E-state index contributed by atoms with van der Waals surface area (Å²) in [4.78, 5) is 11.4. The van der Waals surface area contributed by atoms with Crippen LogP contribution in [0.1, 0.15) is 49.5 Å². The highest BCUT2D eigenvalue weighted by molar-refractivity contribution is 14.0. The zero-order chi connectivity index (χ0) is 20.5. The van der Waals surface area contributed by atoms with Crippen LogP contribution in [0.4, 0.5) is 0 Å². The summed E-state index contributed by atoms with van der Waals surface area (Å²) >= 11 is 0. The second-order valence-electron chi connectivity index (χ2n) is 7.20. The van der Waals surface area contributed by atoms with Crippen LogP contribution in [0, 0.1) is 6.92 Å². The minimum absolute atomic E-state index is 0. The van der Waals surface area contributed by atoms with Gasteiger partial charge in [0.2, 0.25) is 5.89 Å². The normalized spacial score (nSPS) is 15.9. The van der Waals surface area contributed by atoms with Gasteiger partial charge in [-0.25, -0.2) is 4.99 Å². The summed E-state index contributed by atoms with van der Waals surface area (Å²) in [6.45, 7) is 8.00. The second-order valence-corrected chi connectivity index (χ2v) is 7.20. The molecule has 0 saturated carbocycles. The van der Waals surface area contributed by atoms with E-state index >= 15 is 0 Å². The number of nitrogens with one attached hydrogen (secondary N) is 2. The number of aliphatic imine (C=N–C) groups is 1. The predicted octanol–water partition coefficient (Wildman–Crippen LogP) is 3.29. The number of aromatic nitrogens is 2. The fourth-order valence-corrected chi connectivity index (χ4v) is 3.60. The molecule has 1 aliphatic rings. The van der Waals surface area contributed by atoms with Gasteiger partial charge in [0.25, 0.3) is 0 Å². The van der Waals surface area contributed by atoms with Crippen molar-refractivity contribution in [1.82, 2.24) is 25.7 Å². The number of nitrogens with zero attached hydrogens (tertiary/aromatic N) is 4. The molecule has 1 saturated heterocycles. The summed E-state index contributed by atoms with van der Waals surface area (Å²) in [5.74, 6) is 2.77. The molecule has 1 aromatic carbocycles. The Kier molecular flexibility index (Phi) is 10.4. The maximum absolute atomic E-state index is 5.32. The van der Waals surface area contributed by atoms with Crippen LogP contribution in [-0.2, 0) is 6.54 Å². The first-order valence-electron chi connectivity index (χ1n) is 10.4. The van der Waals surface area contributed by atoms with Gasteiger partial charge < -0.3 is 19.9 Å². The van der Waals surface area contributed by atoms with Crippen molar-refractivity contribution in [3.05, 3.63) is 41.5 Å². The number of likely N-dealkylation sites (tertiary alicyclic amines) is 1. The van der Waals surface area contributed by atoms with Gasteiger partial charge in [0, 0.05) is 13.1 Å². The lowest BCUT2D eigenvalue weighted by Crippen LogP contribution is -2.44. The van der Waals surface area contributed by atoms with Gasteiger partial charge in [-0.3, -0.25) is 4.90 Å². The lowest BCUT2D eigenvalue weighted by molar-refractivity contribution is 0.164. The number of ether oxygens (including phenoxy) is 1. The SMILES string of the molecule is CCNC(=NCc1nc(C)no1)NCC(c1ccc(OC)cc1)N1CCCCC1.I. The molecule has 1 fully saturated rings. The zero-order valence-corrected chi connectivity index (χ0v) is 20.4. The molecule has 166 valence electrons. The first kappa shape index (κ1) is 24.4. The lowest BCUT2D eigenvalue weighted by atomic mass is 10.0. The average molecular weight is 528 g/mol. The number of hydrogen-bond donors (Lipinski definition) is 2. The third kappa shape index (κ3) is 7.12. The first-order chi connectivity index (χ1) is 14.2. The van der Waals surface area contributed by atoms with Crippen LogP contribution in [0.2, 0.25) is 0 Å². The molecule has 30 heavy (non-hydrogen) atoms. The molecule has 9 heteroatoms. The third-order valence-electron chi connectivity index (χ3n) is 5.08. The van der Waals surface area contributed by atoms with Crippen LogP contribution in [0.15, 0.2) is 33.8 Å². The highest BCUT2D eigenvalue weighted by Gasteiger charge is 2.22. The van der Waals surface area contributed by atoms with E-state index in [-0.39, 0.29) is 30.0 Å². The molecule has 0 spiro atoms. The Balaban J connectivity index is 0.00000320. The molecule has 0 radical (unpaired) electrons. The van der Waals surface area contributed by atoms with E-state index in [4.69, 9.17) is 9.26 Å². The standard InChI is InChI=1S/C21H32N6O2.HI/c1-4-22-21(24-15-20-25-16(2)26-29-20)23-14-19(27-12-6-5-7-13-27)17-8-10-18(28-3)11-9-17;/h8-11,19H,4-7,12-15H2,1-3H3,(H2,22,23,24);1H. The zero-order valence-electron chi connectivity index (χ0n) is 18.1.